The predicted octanol–water partition coefficient (Wildman–Crippen LogP) is 3.41. The predicted molar refractivity (Wildman–Crippen MR) is 54.0 cm³/mol. The van der Waals surface area contributed by atoms with Crippen LogP contribution in [0.2, 0.25) is 0 Å². The van der Waals surface area contributed by atoms with E-state index < -0.39 is 16.8 Å². The highest BCUT2D eigenvalue weighted by Gasteiger charge is 2.11. The van der Waals surface area contributed by atoms with Crippen LogP contribution in [0.25, 0.3) is 11.1 Å². The van der Waals surface area contributed by atoms with Gasteiger partial charge in [0.05, 0.1) is 5.00 Å². The molecule has 78 valence electrons. The third kappa shape index (κ3) is 1.83. The van der Waals surface area contributed by atoms with Crippen LogP contribution in [0.4, 0.5) is 18.2 Å². The number of halogens is 3. The topological polar surface area (TPSA) is 26.0 Å². The Balaban J connectivity index is 2.54. The first kappa shape index (κ1) is 10.0. The van der Waals surface area contributed by atoms with Crippen molar-refractivity contribution in [2.75, 3.05) is 5.73 Å². The molecule has 0 aliphatic carbocycles. The van der Waals surface area contributed by atoms with Crippen LogP contribution in [0, 0.1) is 16.8 Å². The van der Waals surface area contributed by atoms with Crippen LogP contribution < -0.4 is 5.73 Å². The van der Waals surface area contributed by atoms with Gasteiger partial charge in [-0.25, -0.2) is 8.78 Å². The van der Waals surface area contributed by atoms with Gasteiger partial charge >= 0.3 is 0 Å². The summed E-state index contributed by atoms with van der Waals surface area (Å²) in [6, 6.07) is 4.60. The summed E-state index contributed by atoms with van der Waals surface area (Å²) in [6.45, 7) is 0. The largest absolute Gasteiger partial charge is 0.390 e. The fourth-order valence-corrected chi connectivity index (χ4v) is 1.92. The van der Waals surface area contributed by atoms with Crippen LogP contribution >= 0.6 is 11.3 Å². The van der Waals surface area contributed by atoms with E-state index in [1.165, 1.54) is 12.1 Å². The summed E-state index contributed by atoms with van der Waals surface area (Å²) in [4.78, 5) is 0. The van der Waals surface area contributed by atoms with Gasteiger partial charge in [-0.1, -0.05) is 17.4 Å². The van der Waals surface area contributed by atoms with Crippen LogP contribution in [-0.2, 0) is 0 Å². The molecule has 2 aromatic rings. The summed E-state index contributed by atoms with van der Waals surface area (Å²) in [5, 5.41) is -0.203. The van der Waals surface area contributed by atoms with Crippen molar-refractivity contribution >= 4 is 16.3 Å². The highest BCUT2D eigenvalue weighted by molar-refractivity contribution is 7.14. The minimum absolute atomic E-state index is 0.191. The van der Waals surface area contributed by atoms with Gasteiger partial charge in [0.1, 0.15) is 0 Å². The Kier molecular flexibility index (Phi) is 2.40. The lowest BCUT2D eigenvalue weighted by Gasteiger charge is -1.99. The number of thiophene rings is 1. The average Bonchev–Trinajstić information content (AvgIpc) is 2.50. The van der Waals surface area contributed by atoms with E-state index in [1.807, 2.05) is 0 Å². The van der Waals surface area contributed by atoms with Crippen molar-refractivity contribution in [2.24, 2.45) is 0 Å². The second-order valence-electron chi connectivity index (χ2n) is 2.97. The molecule has 0 radical (unpaired) electrons. The molecule has 0 bridgehead atoms. The number of hydrogen-bond donors (Lipinski definition) is 1. The molecule has 0 atom stereocenters. The lowest BCUT2D eigenvalue weighted by molar-refractivity contribution is 0.509. The normalized spacial score (nSPS) is 10.6. The molecule has 0 aliphatic rings. The zero-order valence-corrected chi connectivity index (χ0v) is 8.25. The maximum Gasteiger partial charge on any atom is 0.186 e. The Hall–Kier alpha value is -1.49. The van der Waals surface area contributed by atoms with Crippen molar-refractivity contribution in [3.63, 3.8) is 0 Å². The number of rotatable bonds is 1. The van der Waals surface area contributed by atoms with Gasteiger partial charge in [-0.15, -0.1) is 0 Å². The maximum atomic E-state index is 13.3. The molecule has 1 heterocycles. The van der Waals surface area contributed by atoms with Crippen LogP contribution in [0.15, 0.2) is 24.3 Å². The highest BCUT2D eigenvalue weighted by Crippen LogP contribution is 2.32. The zero-order valence-electron chi connectivity index (χ0n) is 7.43. The van der Waals surface area contributed by atoms with E-state index in [1.54, 1.807) is 0 Å². The molecule has 2 rings (SSSR count). The van der Waals surface area contributed by atoms with Gasteiger partial charge < -0.3 is 5.73 Å². The van der Waals surface area contributed by atoms with E-state index >= 15 is 0 Å². The third-order valence-electron chi connectivity index (χ3n) is 1.94. The first-order chi connectivity index (χ1) is 7.08. The van der Waals surface area contributed by atoms with E-state index in [-0.39, 0.29) is 11.1 Å². The number of nitrogens with two attached hydrogens (primary N) is 1. The van der Waals surface area contributed by atoms with E-state index in [4.69, 9.17) is 5.73 Å². The van der Waals surface area contributed by atoms with E-state index in [0.717, 1.165) is 23.5 Å². The van der Waals surface area contributed by atoms with Crippen molar-refractivity contribution in [2.45, 2.75) is 0 Å². The molecule has 0 aliphatic heterocycles. The van der Waals surface area contributed by atoms with Crippen LogP contribution in [0.1, 0.15) is 0 Å². The Labute approximate surface area is 88.0 Å². The SMILES string of the molecule is Nc1cc(-c2ccc(F)c(F)c2)c(F)s1. The Bertz CT molecular complexity index is 507. The molecule has 15 heavy (non-hydrogen) atoms. The highest BCUT2D eigenvalue weighted by atomic mass is 32.1. The molecular formula is C10H6F3NS. The number of hydrogen-bond acceptors (Lipinski definition) is 2. The lowest BCUT2D eigenvalue weighted by Crippen LogP contribution is -1.85. The first-order valence-corrected chi connectivity index (χ1v) is 4.90. The second-order valence-corrected chi connectivity index (χ2v) is 4.00. The molecule has 5 heteroatoms. The zero-order chi connectivity index (χ0) is 11.0. The third-order valence-corrected chi connectivity index (χ3v) is 2.69. The standard InChI is InChI=1S/C10H6F3NS/c11-7-2-1-5(3-8(7)12)6-4-9(14)15-10(6)13/h1-4H,14H2. The number of nitrogen functional groups attached to an aromatic ring is 1. The van der Waals surface area contributed by atoms with Crippen LogP contribution in [0.5, 0.6) is 0 Å². The minimum Gasteiger partial charge on any atom is -0.390 e. The Morgan fingerprint density at radius 1 is 1.00 bits per heavy atom. The molecule has 2 N–H and O–H groups in total. The van der Waals surface area contributed by atoms with Crippen LogP contribution in [0.3, 0.4) is 0 Å². The number of benzene rings is 1. The molecule has 0 saturated heterocycles. The molecule has 1 nitrogen and oxygen atoms in total. The molecular weight excluding hydrogens is 223 g/mol. The molecule has 0 unspecified atom stereocenters. The van der Waals surface area contributed by atoms with Crippen molar-refractivity contribution in [3.05, 3.63) is 41.0 Å². The van der Waals surface area contributed by atoms with Gasteiger partial charge in [-0.3, -0.25) is 0 Å². The molecule has 0 amide bonds. The van der Waals surface area contributed by atoms with Gasteiger partial charge in [0.25, 0.3) is 0 Å². The van der Waals surface area contributed by atoms with Gasteiger partial charge in [0, 0.05) is 5.56 Å². The van der Waals surface area contributed by atoms with Crippen molar-refractivity contribution in [3.8, 4) is 11.1 Å². The molecule has 1 aromatic carbocycles. The summed E-state index contributed by atoms with van der Waals surface area (Å²) in [6.07, 6.45) is 0. The van der Waals surface area contributed by atoms with Gasteiger partial charge in [-0.2, -0.15) is 4.39 Å². The lowest BCUT2D eigenvalue weighted by atomic mass is 10.1. The second kappa shape index (κ2) is 3.58. The fourth-order valence-electron chi connectivity index (χ4n) is 1.25. The molecule has 1 aromatic heterocycles. The van der Waals surface area contributed by atoms with Crippen molar-refractivity contribution < 1.29 is 13.2 Å². The smallest absolute Gasteiger partial charge is 0.186 e. The monoisotopic (exact) mass is 229 g/mol. The summed E-state index contributed by atoms with van der Waals surface area (Å²) in [5.41, 5.74) is 5.86. The van der Waals surface area contributed by atoms with Crippen LogP contribution in [-0.4, -0.2) is 0 Å². The molecule has 0 spiro atoms. The molecule has 0 fully saturated rings. The summed E-state index contributed by atoms with van der Waals surface area (Å²) >= 11 is 0.769. The first-order valence-electron chi connectivity index (χ1n) is 4.08. The van der Waals surface area contributed by atoms with Gasteiger partial charge in [0.15, 0.2) is 16.8 Å². The van der Waals surface area contributed by atoms with Gasteiger partial charge in [-0.05, 0) is 23.8 Å². The maximum absolute atomic E-state index is 13.3. The van der Waals surface area contributed by atoms with Gasteiger partial charge in [0.2, 0.25) is 0 Å². The molecule has 0 saturated carbocycles. The fraction of sp³-hybridized carbons (Fsp3) is 0. The Morgan fingerprint density at radius 3 is 2.27 bits per heavy atom. The summed E-state index contributed by atoms with van der Waals surface area (Å²) < 4.78 is 38.8. The van der Waals surface area contributed by atoms with E-state index in [9.17, 15) is 13.2 Å². The number of anilines is 1. The van der Waals surface area contributed by atoms with E-state index in [2.05, 4.69) is 0 Å². The quantitative estimate of drug-likeness (QED) is 0.796. The average molecular weight is 229 g/mol. The van der Waals surface area contributed by atoms with Crippen molar-refractivity contribution in [1.29, 1.82) is 0 Å². The Morgan fingerprint density at radius 2 is 1.73 bits per heavy atom. The summed E-state index contributed by atoms with van der Waals surface area (Å²) in [5.74, 6) is -1.96. The minimum atomic E-state index is -1.00. The van der Waals surface area contributed by atoms with Crippen molar-refractivity contribution in [1.82, 2.24) is 0 Å². The van der Waals surface area contributed by atoms with E-state index in [0.29, 0.717) is 5.00 Å². The summed E-state index contributed by atoms with van der Waals surface area (Å²) in [7, 11) is 0.